The van der Waals surface area contributed by atoms with Gasteiger partial charge < -0.3 is 5.32 Å². The fraction of sp³-hybridized carbons (Fsp3) is 0.400. The third kappa shape index (κ3) is 1.92. The van der Waals surface area contributed by atoms with Crippen LogP contribution in [0, 0.1) is 6.92 Å². The first-order valence-corrected chi connectivity index (χ1v) is 4.56. The van der Waals surface area contributed by atoms with Gasteiger partial charge in [-0.05, 0) is 31.5 Å². The summed E-state index contributed by atoms with van der Waals surface area (Å²) >= 11 is 0. The molecule has 0 radical (unpaired) electrons. The highest BCUT2D eigenvalue weighted by molar-refractivity contribution is 5.60. The van der Waals surface area contributed by atoms with E-state index in [1.54, 1.807) is 0 Å². The van der Waals surface area contributed by atoms with Gasteiger partial charge in [0.05, 0.1) is 0 Å². The van der Waals surface area contributed by atoms with Crippen molar-refractivity contribution in [3.8, 4) is 0 Å². The summed E-state index contributed by atoms with van der Waals surface area (Å²) in [6.07, 6.45) is 5.02. The second kappa shape index (κ2) is 3.66. The van der Waals surface area contributed by atoms with Gasteiger partial charge in [0, 0.05) is 18.4 Å². The van der Waals surface area contributed by atoms with Crippen LogP contribution in [0.2, 0.25) is 0 Å². The molecule has 13 heavy (non-hydrogen) atoms. The summed E-state index contributed by atoms with van der Waals surface area (Å²) in [6, 6.07) is 1.92. The lowest BCUT2D eigenvalue weighted by molar-refractivity contribution is 0.733. The molecule has 0 atom stereocenters. The summed E-state index contributed by atoms with van der Waals surface area (Å²) in [5, 5.41) is 3.27. The summed E-state index contributed by atoms with van der Waals surface area (Å²) < 4.78 is 0. The van der Waals surface area contributed by atoms with Crippen molar-refractivity contribution in [3.05, 3.63) is 29.9 Å². The van der Waals surface area contributed by atoms with E-state index in [9.17, 15) is 0 Å². The van der Waals surface area contributed by atoms with Crippen molar-refractivity contribution >= 4 is 5.57 Å². The lowest BCUT2D eigenvalue weighted by Gasteiger charge is -2.12. The van der Waals surface area contributed by atoms with Gasteiger partial charge in [0.2, 0.25) is 0 Å². The molecule has 0 unspecified atom stereocenters. The molecule has 68 valence electrons. The highest BCUT2D eigenvalue weighted by atomic mass is 14.9. The van der Waals surface area contributed by atoms with Crippen molar-refractivity contribution in [2.45, 2.75) is 13.3 Å². The Bertz CT molecular complexity index is 331. The Hall–Kier alpha value is -1.22. The molecule has 1 aromatic heterocycles. The van der Waals surface area contributed by atoms with Gasteiger partial charge in [-0.3, -0.25) is 0 Å². The quantitative estimate of drug-likeness (QED) is 0.696. The first kappa shape index (κ1) is 8.38. The van der Waals surface area contributed by atoms with Crippen molar-refractivity contribution in [3.63, 3.8) is 0 Å². The third-order valence-corrected chi connectivity index (χ3v) is 2.15. The predicted molar refractivity (Wildman–Crippen MR) is 52.2 cm³/mol. The summed E-state index contributed by atoms with van der Waals surface area (Å²) in [6.45, 7) is 3.96. The van der Waals surface area contributed by atoms with Crippen LogP contribution in [0.1, 0.15) is 17.9 Å². The molecule has 3 heteroatoms. The van der Waals surface area contributed by atoms with Crippen molar-refractivity contribution in [2.24, 2.45) is 0 Å². The molecule has 2 heterocycles. The molecule has 3 nitrogen and oxygen atoms in total. The van der Waals surface area contributed by atoms with E-state index < -0.39 is 0 Å². The first-order valence-electron chi connectivity index (χ1n) is 4.56. The number of rotatable bonds is 1. The van der Waals surface area contributed by atoms with Gasteiger partial charge in [-0.25, -0.2) is 9.97 Å². The van der Waals surface area contributed by atoms with E-state index in [1.165, 1.54) is 5.57 Å². The highest BCUT2D eigenvalue weighted by Crippen LogP contribution is 2.14. The van der Waals surface area contributed by atoms with Gasteiger partial charge in [0.25, 0.3) is 0 Å². The fourth-order valence-corrected chi connectivity index (χ4v) is 1.43. The molecule has 0 amide bonds. The van der Waals surface area contributed by atoms with E-state index in [1.807, 2.05) is 19.2 Å². The maximum atomic E-state index is 4.39. The topological polar surface area (TPSA) is 37.8 Å². The van der Waals surface area contributed by atoms with Crippen LogP contribution in [0.25, 0.3) is 5.57 Å². The van der Waals surface area contributed by atoms with E-state index >= 15 is 0 Å². The van der Waals surface area contributed by atoms with Crippen LogP contribution >= 0.6 is 0 Å². The number of aryl methyl sites for hydroxylation is 1. The van der Waals surface area contributed by atoms with Gasteiger partial charge in [0.15, 0.2) is 5.82 Å². The number of nitrogens with one attached hydrogen (secondary N) is 1. The zero-order chi connectivity index (χ0) is 9.10. The van der Waals surface area contributed by atoms with Crippen molar-refractivity contribution in [1.29, 1.82) is 0 Å². The second-order valence-corrected chi connectivity index (χ2v) is 3.21. The van der Waals surface area contributed by atoms with E-state index in [-0.39, 0.29) is 0 Å². The van der Waals surface area contributed by atoms with E-state index in [0.717, 1.165) is 31.0 Å². The maximum absolute atomic E-state index is 4.39. The van der Waals surface area contributed by atoms with E-state index in [2.05, 4.69) is 21.4 Å². The number of aromatic nitrogens is 2. The zero-order valence-corrected chi connectivity index (χ0v) is 7.75. The van der Waals surface area contributed by atoms with Crippen LogP contribution in [0.15, 0.2) is 18.3 Å². The standard InChI is InChI=1S/C10H13N3/c1-8-2-7-12-10(13-8)9-3-5-11-6-4-9/h2-3,7,11H,4-6H2,1H3. The number of hydrogen-bond donors (Lipinski definition) is 1. The smallest absolute Gasteiger partial charge is 0.155 e. The molecule has 1 aliphatic rings. The highest BCUT2D eigenvalue weighted by Gasteiger charge is 2.07. The molecule has 0 saturated carbocycles. The lowest BCUT2D eigenvalue weighted by atomic mass is 10.1. The summed E-state index contributed by atoms with van der Waals surface area (Å²) in [7, 11) is 0. The van der Waals surface area contributed by atoms with Crippen LogP contribution in [0.5, 0.6) is 0 Å². The van der Waals surface area contributed by atoms with Crippen LogP contribution < -0.4 is 5.32 Å². The normalized spacial score (nSPS) is 16.8. The first-order chi connectivity index (χ1) is 6.36. The molecule has 0 saturated heterocycles. The molecule has 1 aromatic rings. The largest absolute Gasteiger partial charge is 0.313 e. The molecule has 1 N–H and O–H groups in total. The van der Waals surface area contributed by atoms with Gasteiger partial charge in [0.1, 0.15) is 0 Å². The molecule has 0 bridgehead atoms. The average molecular weight is 175 g/mol. The molecule has 1 aliphatic heterocycles. The molecule has 0 aromatic carbocycles. The molecule has 2 rings (SSSR count). The van der Waals surface area contributed by atoms with Crippen molar-refractivity contribution < 1.29 is 0 Å². The Morgan fingerprint density at radius 1 is 1.46 bits per heavy atom. The molecular formula is C10H13N3. The third-order valence-electron chi connectivity index (χ3n) is 2.15. The predicted octanol–water partition coefficient (Wildman–Crippen LogP) is 1.16. The Balaban J connectivity index is 2.29. The maximum Gasteiger partial charge on any atom is 0.155 e. The Kier molecular flexibility index (Phi) is 2.36. The summed E-state index contributed by atoms with van der Waals surface area (Å²) in [5.41, 5.74) is 2.30. The van der Waals surface area contributed by atoms with Gasteiger partial charge in [-0.15, -0.1) is 0 Å². The Morgan fingerprint density at radius 3 is 3.08 bits per heavy atom. The average Bonchev–Trinajstić information content (AvgIpc) is 2.19. The van der Waals surface area contributed by atoms with Crippen LogP contribution in [0.4, 0.5) is 0 Å². The second-order valence-electron chi connectivity index (χ2n) is 3.21. The molecular weight excluding hydrogens is 162 g/mol. The van der Waals surface area contributed by atoms with Crippen LogP contribution in [-0.4, -0.2) is 23.1 Å². The Labute approximate surface area is 77.9 Å². The summed E-state index contributed by atoms with van der Waals surface area (Å²) in [5.74, 6) is 0.890. The molecule has 0 fully saturated rings. The minimum Gasteiger partial charge on any atom is -0.313 e. The minimum absolute atomic E-state index is 0.890. The van der Waals surface area contributed by atoms with E-state index in [4.69, 9.17) is 0 Å². The zero-order valence-electron chi connectivity index (χ0n) is 7.75. The Morgan fingerprint density at radius 2 is 2.38 bits per heavy atom. The van der Waals surface area contributed by atoms with Crippen molar-refractivity contribution in [1.82, 2.24) is 15.3 Å². The SMILES string of the molecule is Cc1ccnc(C2=CCNCC2)n1. The lowest BCUT2D eigenvalue weighted by Crippen LogP contribution is -2.20. The van der Waals surface area contributed by atoms with Crippen LogP contribution in [0.3, 0.4) is 0 Å². The van der Waals surface area contributed by atoms with E-state index in [0.29, 0.717) is 0 Å². The van der Waals surface area contributed by atoms with Gasteiger partial charge in [-0.2, -0.15) is 0 Å². The van der Waals surface area contributed by atoms with Gasteiger partial charge in [-0.1, -0.05) is 6.08 Å². The monoisotopic (exact) mass is 175 g/mol. The number of nitrogens with zero attached hydrogens (tertiary/aromatic N) is 2. The fourth-order valence-electron chi connectivity index (χ4n) is 1.43. The van der Waals surface area contributed by atoms with Gasteiger partial charge >= 0.3 is 0 Å². The number of hydrogen-bond acceptors (Lipinski definition) is 3. The minimum atomic E-state index is 0.890. The summed E-state index contributed by atoms with van der Waals surface area (Å²) in [4.78, 5) is 8.65. The van der Waals surface area contributed by atoms with Crippen LogP contribution in [-0.2, 0) is 0 Å². The van der Waals surface area contributed by atoms with Crippen molar-refractivity contribution in [2.75, 3.05) is 13.1 Å². The molecule has 0 aliphatic carbocycles. The molecule has 0 spiro atoms.